The monoisotopic (exact) mass is 365 g/mol. The maximum atomic E-state index is 4.25. The number of anilines is 1. The third-order valence-electron chi connectivity index (χ3n) is 5.99. The van der Waals surface area contributed by atoms with E-state index in [1.165, 1.54) is 47.6 Å². The van der Waals surface area contributed by atoms with Gasteiger partial charge in [0.25, 0.3) is 0 Å². The number of nitrogens with zero attached hydrogens (tertiary/aromatic N) is 2. The number of benzene rings is 1. The Hall–Kier alpha value is -1.94. The first-order valence-electron chi connectivity index (χ1n) is 9.79. The summed E-state index contributed by atoms with van der Waals surface area (Å²) in [6.07, 6.45) is 14.1. The molecule has 1 aliphatic carbocycles. The first kappa shape index (κ1) is 17.5. The van der Waals surface area contributed by atoms with Crippen molar-refractivity contribution < 1.29 is 0 Å². The Balaban J connectivity index is 1.67. The topological polar surface area (TPSA) is 37.8 Å². The Labute approximate surface area is 160 Å². The first-order chi connectivity index (χ1) is 12.8. The Morgan fingerprint density at radius 3 is 2.92 bits per heavy atom. The molecule has 2 aromatic rings. The number of hydrogen-bond acceptors (Lipinski definition) is 4. The zero-order chi connectivity index (χ0) is 17.9. The highest BCUT2D eigenvalue weighted by molar-refractivity contribution is 7.03. The van der Waals surface area contributed by atoms with Crippen molar-refractivity contribution in [2.24, 2.45) is 11.8 Å². The minimum absolute atomic E-state index is 0.511. The summed E-state index contributed by atoms with van der Waals surface area (Å²) >= 11 is 1.41. The third-order valence-corrected chi connectivity index (χ3v) is 6.49. The van der Waals surface area contributed by atoms with Crippen molar-refractivity contribution in [2.45, 2.75) is 51.5 Å². The summed E-state index contributed by atoms with van der Waals surface area (Å²) in [5.41, 5.74) is 4.89. The van der Waals surface area contributed by atoms with E-state index in [1.807, 2.05) is 5.38 Å². The van der Waals surface area contributed by atoms with Crippen molar-refractivity contribution in [2.75, 3.05) is 5.32 Å². The van der Waals surface area contributed by atoms with E-state index in [4.69, 9.17) is 0 Å². The summed E-state index contributed by atoms with van der Waals surface area (Å²) in [4.78, 5) is 0. The van der Waals surface area contributed by atoms with Gasteiger partial charge in [0.2, 0.25) is 0 Å². The molecule has 136 valence electrons. The van der Waals surface area contributed by atoms with Crippen molar-refractivity contribution in [1.82, 2.24) is 9.59 Å². The van der Waals surface area contributed by atoms with Gasteiger partial charge in [0, 0.05) is 28.6 Å². The van der Waals surface area contributed by atoms with Crippen molar-refractivity contribution in [3.05, 3.63) is 53.4 Å². The molecule has 1 aliphatic heterocycles. The molecule has 0 spiro atoms. The Kier molecular flexibility index (Phi) is 5.21. The second kappa shape index (κ2) is 7.75. The number of nitrogens with one attached hydrogen (secondary N) is 1. The molecule has 4 rings (SSSR count). The van der Waals surface area contributed by atoms with Crippen LogP contribution < -0.4 is 5.32 Å². The van der Waals surface area contributed by atoms with Gasteiger partial charge < -0.3 is 5.32 Å². The normalized spacial score (nSPS) is 27.2. The molecule has 0 bridgehead atoms. The predicted octanol–water partition coefficient (Wildman–Crippen LogP) is 6.04. The molecule has 1 N–H and O–H groups in total. The Morgan fingerprint density at radius 1 is 1.27 bits per heavy atom. The summed E-state index contributed by atoms with van der Waals surface area (Å²) < 4.78 is 4.02. The van der Waals surface area contributed by atoms with E-state index < -0.39 is 0 Å². The molecule has 0 fully saturated rings. The van der Waals surface area contributed by atoms with Crippen molar-refractivity contribution in [3.8, 4) is 11.3 Å². The van der Waals surface area contributed by atoms with Crippen LogP contribution in [-0.2, 0) is 0 Å². The molecule has 0 radical (unpaired) electrons. The molecule has 4 atom stereocenters. The highest BCUT2D eigenvalue weighted by Gasteiger charge is 2.37. The van der Waals surface area contributed by atoms with E-state index in [9.17, 15) is 0 Å². The fourth-order valence-corrected chi connectivity index (χ4v) is 4.97. The van der Waals surface area contributed by atoms with Crippen LogP contribution in [0.25, 0.3) is 11.3 Å². The number of unbranched alkanes of at least 4 members (excludes halogenated alkanes) is 1. The average molecular weight is 366 g/mol. The molecular weight excluding hydrogens is 338 g/mol. The van der Waals surface area contributed by atoms with Crippen LogP contribution in [0.1, 0.15) is 51.0 Å². The summed E-state index contributed by atoms with van der Waals surface area (Å²) in [6.45, 7) is 4.71. The van der Waals surface area contributed by atoms with Crippen molar-refractivity contribution in [3.63, 3.8) is 0 Å². The van der Waals surface area contributed by atoms with Crippen molar-refractivity contribution in [1.29, 1.82) is 0 Å². The minimum Gasteiger partial charge on any atom is -0.381 e. The van der Waals surface area contributed by atoms with Gasteiger partial charge >= 0.3 is 0 Å². The van der Waals surface area contributed by atoms with Crippen LogP contribution in [0, 0.1) is 11.8 Å². The Bertz CT molecular complexity index is 794. The number of allylic oxidation sites excluding steroid dienone is 3. The molecule has 1 aromatic heterocycles. The molecule has 26 heavy (non-hydrogen) atoms. The number of aromatic nitrogens is 2. The van der Waals surface area contributed by atoms with E-state index in [1.54, 1.807) is 0 Å². The third kappa shape index (κ3) is 3.35. The maximum Gasteiger partial charge on any atom is 0.105 e. The largest absolute Gasteiger partial charge is 0.381 e. The standard InChI is InChI=1S/C22H27N3S/c1-3-4-10-18-15(2)19-13-17(21-14-26-25-24-21)11-12-20(19)23-22(18)16-8-6-5-7-9-16/h5-8,11-16,18,22-23H,3-4,9-10H2,1-2H3. The Morgan fingerprint density at radius 2 is 2.19 bits per heavy atom. The molecule has 3 nitrogen and oxygen atoms in total. The van der Waals surface area contributed by atoms with E-state index >= 15 is 0 Å². The fraction of sp³-hybridized carbons (Fsp3) is 0.455. The summed E-state index contributed by atoms with van der Waals surface area (Å²) in [5, 5.41) is 10.2. The van der Waals surface area contributed by atoms with Crippen LogP contribution in [-0.4, -0.2) is 15.6 Å². The van der Waals surface area contributed by atoms with Crippen molar-refractivity contribution >= 4 is 17.2 Å². The number of rotatable bonds is 5. The lowest BCUT2D eigenvalue weighted by atomic mass is 9.70. The van der Waals surface area contributed by atoms with E-state index in [-0.39, 0.29) is 0 Å². The summed E-state index contributed by atoms with van der Waals surface area (Å²) in [5.74, 6) is 1.79. The molecule has 0 saturated carbocycles. The molecule has 2 aliphatic rings. The molecule has 1 aromatic carbocycles. The van der Waals surface area contributed by atoms with Crippen LogP contribution in [0.15, 0.2) is 47.9 Å². The predicted molar refractivity (Wildman–Crippen MR) is 111 cm³/mol. The smallest absolute Gasteiger partial charge is 0.105 e. The van der Waals surface area contributed by atoms with Crippen LogP contribution in [0.4, 0.5) is 5.69 Å². The second-order valence-corrected chi connectivity index (χ2v) is 8.18. The molecule has 4 heteroatoms. The lowest BCUT2D eigenvalue weighted by molar-refractivity contribution is 0.292. The average Bonchev–Trinajstić information content (AvgIpc) is 3.22. The molecule has 0 saturated heterocycles. The first-order valence-corrected chi connectivity index (χ1v) is 10.6. The number of fused-ring (bicyclic) bond motifs is 1. The van der Waals surface area contributed by atoms with E-state index in [0.29, 0.717) is 23.8 Å². The zero-order valence-corrected chi connectivity index (χ0v) is 16.4. The lowest BCUT2D eigenvalue weighted by Crippen LogP contribution is -2.42. The summed E-state index contributed by atoms with van der Waals surface area (Å²) in [7, 11) is 0. The lowest BCUT2D eigenvalue weighted by Gasteiger charge is -2.43. The maximum absolute atomic E-state index is 4.25. The van der Waals surface area contributed by atoms with Crippen LogP contribution >= 0.6 is 11.5 Å². The van der Waals surface area contributed by atoms with E-state index in [2.05, 4.69) is 71.3 Å². The van der Waals surface area contributed by atoms with E-state index in [0.717, 1.165) is 12.1 Å². The van der Waals surface area contributed by atoms with Crippen LogP contribution in [0.2, 0.25) is 0 Å². The SMILES string of the molecule is CCCCC1C(C)c2cc(-c3csnn3)ccc2NC1C1C=CC=CC1. The van der Waals surface area contributed by atoms with Crippen LogP contribution in [0.5, 0.6) is 0 Å². The van der Waals surface area contributed by atoms with Gasteiger partial charge in [-0.1, -0.05) is 61.5 Å². The minimum atomic E-state index is 0.511. The van der Waals surface area contributed by atoms with Gasteiger partial charge in [0.05, 0.1) is 0 Å². The van der Waals surface area contributed by atoms with Gasteiger partial charge in [0.15, 0.2) is 0 Å². The van der Waals surface area contributed by atoms with Gasteiger partial charge in [0.1, 0.15) is 5.69 Å². The van der Waals surface area contributed by atoms with Gasteiger partial charge in [-0.25, -0.2) is 0 Å². The van der Waals surface area contributed by atoms with Gasteiger partial charge in [-0.15, -0.1) is 5.10 Å². The van der Waals surface area contributed by atoms with Crippen LogP contribution in [0.3, 0.4) is 0 Å². The second-order valence-electron chi connectivity index (χ2n) is 7.57. The summed E-state index contributed by atoms with van der Waals surface area (Å²) in [6, 6.07) is 7.26. The molecular formula is C22H27N3S. The quantitative estimate of drug-likeness (QED) is 0.702. The zero-order valence-electron chi connectivity index (χ0n) is 15.6. The van der Waals surface area contributed by atoms with Gasteiger partial charge in [-0.3, -0.25) is 0 Å². The molecule has 2 heterocycles. The highest BCUT2D eigenvalue weighted by atomic mass is 32.1. The van der Waals surface area contributed by atoms with Gasteiger partial charge in [-0.2, -0.15) is 0 Å². The fourth-order valence-electron chi connectivity index (χ4n) is 4.51. The number of hydrogen-bond donors (Lipinski definition) is 1. The highest BCUT2D eigenvalue weighted by Crippen LogP contribution is 2.45. The molecule has 0 amide bonds. The van der Waals surface area contributed by atoms with Gasteiger partial charge in [-0.05, 0) is 53.9 Å². The molecule has 4 unspecified atom stereocenters.